The first-order valence-electron chi connectivity index (χ1n) is 6.46. The number of nitrogens with zero attached hydrogens (tertiary/aromatic N) is 1. The Labute approximate surface area is 118 Å². The van der Waals surface area contributed by atoms with Crippen molar-refractivity contribution in [2.75, 3.05) is 0 Å². The van der Waals surface area contributed by atoms with E-state index < -0.39 is 0 Å². The van der Waals surface area contributed by atoms with Gasteiger partial charge in [-0.3, -0.25) is 0 Å². The molecule has 0 radical (unpaired) electrons. The van der Waals surface area contributed by atoms with Crippen LogP contribution in [0.15, 0.2) is 36.7 Å². The number of rotatable bonds is 5. The summed E-state index contributed by atoms with van der Waals surface area (Å²) < 4.78 is 15.6. The topological polar surface area (TPSA) is 30.9 Å². The first kappa shape index (κ1) is 14.1. The molecule has 0 aliphatic heterocycles. The molecule has 1 heterocycles. The van der Waals surface area contributed by atoms with Crippen LogP contribution in [0.1, 0.15) is 36.9 Å². The predicted octanol–water partition coefficient (Wildman–Crippen LogP) is 4.13. The fourth-order valence-corrected chi connectivity index (χ4v) is 2.34. The molecular weight excluding hydrogens is 263 g/mol. The summed E-state index contributed by atoms with van der Waals surface area (Å²) in [5, 5.41) is 0.452. The molecule has 2 rings (SSSR count). The van der Waals surface area contributed by atoms with Crippen LogP contribution in [0.25, 0.3) is 0 Å². The molecule has 2 nitrogen and oxygen atoms in total. The Kier molecular flexibility index (Phi) is 4.61. The van der Waals surface area contributed by atoms with E-state index in [1.807, 2.05) is 23.0 Å². The van der Waals surface area contributed by atoms with E-state index in [9.17, 15) is 4.39 Å². The van der Waals surface area contributed by atoms with Gasteiger partial charge < -0.3 is 10.3 Å². The third-order valence-electron chi connectivity index (χ3n) is 3.20. The number of nitrogens with two attached hydrogens (primary N) is 1. The summed E-state index contributed by atoms with van der Waals surface area (Å²) in [5.41, 5.74) is 7.65. The van der Waals surface area contributed by atoms with Crippen molar-refractivity contribution < 1.29 is 4.39 Å². The van der Waals surface area contributed by atoms with Crippen LogP contribution in [-0.2, 0) is 6.54 Å². The maximum Gasteiger partial charge on any atom is 0.129 e. The lowest BCUT2D eigenvalue weighted by atomic mass is 10.1. The lowest BCUT2D eigenvalue weighted by Gasteiger charge is -2.09. The lowest BCUT2D eigenvalue weighted by molar-refractivity contribution is 0.598. The van der Waals surface area contributed by atoms with E-state index in [0.717, 1.165) is 18.4 Å². The first-order chi connectivity index (χ1) is 9.11. The molecular formula is C15H18ClFN2. The normalized spacial score (nSPS) is 12.6. The minimum absolute atomic E-state index is 0.0438. The molecule has 1 atom stereocenters. The molecule has 0 aliphatic rings. The zero-order valence-electron chi connectivity index (χ0n) is 10.9. The molecule has 19 heavy (non-hydrogen) atoms. The second kappa shape index (κ2) is 6.22. The Morgan fingerprint density at radius 1 is 1.37 bits per heavy atom. The number of hydrogen-bond donors (Lipinski definition) is 1. The molecule has 0 bridgehead atoms. The maximum absolute atomic E-state index is 13.7. The minimum Gasteiger partial charge on any atom is -0.349 e. The van der Waals surface area contributed by atoms with Gasteiger partial charge in [0, 0.05) is 29.0 Å². The minimum atomic E-state index is -0.277. The highest BCUT2D eigenvalue weighted by molar-refractivity contribution is 6.31. The fourth-order valence-electron chi connectivity index (χ4n) is 2.12. The largest absolute Gasteiger partial charge is 0.349 e. The van der Waals surface area contributed by atoms with E-state index >= 15 is 0 Å². The van der Waals surface area contributed by atoms with Crippen LogP contribution in [0.3, 0.4) is 0 Å². The Hall–Kier alpha value is -1.32. The highest BCUT2D eigenvalue weighted by atomic mass is 35.5. The van der Waals surface area contributed by atoms with Crippen molar-refractivity contribution in [1.82, 2.24) is 4.57 Å². The van der Waals surface area contributed by atoms with Crippen molar-refractivity contribution >= 4 is 11.6 Å². The summed E-state index contributed by atoms with van der Waals surface area (Å²) in [5.74, 6) is -0.277. The third-order valence-corrected chi connectivity index (χ3v) is 3.56. The van der Waals surface area contributed by atoms with Gasteiger partial charge in [-0.15, -0.1) is 0 Å². The van der Waals surface area contributed by atoms with Gasteiger partial charge in [-0.25, -0.2) is 4.39 Å². The van der Waals surface area contributed by atoms with Crippen LogP contribution in [0.4, 0.5) is 4.39 Å². The molecule has 2 N–H and O–H groups in total. The van der Waals surface area contributed by atoms with Gasteiger partial charge in [-0.1, -0.05) is 31.0 Å². The predicted molar refractivity (Wildman–Crippen MR) is 76.8 cm³/mol. The number of halogens is 2. The van der Waals surface area contributed by atoms with Crippen LogP contribution < -0.4 is 5.73 Å². The Bertz CT molecular complexity index is 531. The third kappa shape index (κ3) is 3.37. The van der Waals surface area contributed by atoms with Gasteiger partial charge in [0.15, 0.2) is 0 Å². The Morgan fingerprint density at radius 2 is 2.16 bits per heavy atom. The van der Waals surface area contributed by atoms with E-state index in [4.69, 9.17) is 17.3 Å². The molecule has 2 aromatic rings. The summed E-state index contributed by atoms with van der Waals surface area (Å²) in [6.07, 6.45) is 5.87. The van der Waals surface area contributed by atoms with Crippen molar-refractivity contribution in [2.45, 2.75) is 32.4 Å². The van der Waals surface area contributed by atoms with Crippen molar-refractivity contribution in [2.24, 2.45) is 5.73 Å². The molecule has 1 aromatic carbocycles. The number of benzene rings is 1. The SMILES string of the molecule is CCCC(N)c1ccn(Cc2c(F)cccc2Cl)c1. The van der Waals surface area contributed by atoms with Crippen LogP contribution in [0.2, 0.25) is 5.02 Å². The molecule has 1 unspecified atom stereocenters. The second-order valence-corrected chi connectivity index (χ2v) is 5.12. The molecule has 102 valence electrons. The average Bonchev–Trinajstić information content (AvgIpc) is 2.83. The molecule has 0 saturated heterocycles. The first-order valence-corrected chi connectivity index (χ1v) is 6.83. The highest BCUT2D eigenvalue weighted by Crippen LogP contribution is 2.22. The van der Waals surface area contributed by atoms with E-state index in [0.29, 0.717) is 17.1 Å². The van der Waals surface area contributed by atoms with Crippen LogP contribution >= 0.6 is 11.6 Å². The lowest BCUT2D eigenvalue weighted by Crippen LogP contribution is -2.09. The second-order valence-electron chi connectivity index (χ2n) is 4.71. The van der Waals surface area contributed by atoms with E-state index in [1.54, 1.807) is 12.1 Å². The number of hydrogen-bond acceptors (Lipinski definition) is 1. The van der Waals surface area contributed by atoms with Gasteiger partial charge >= 0.3 is 0 Å². The highest BCUT2D eigenvalue weighted by Gasteiger charge is 2.10. The van der Waals surface area contributed by atoms with Crippen molar-refractivity contribution in [1.29, 1.82) is 0 Å². The zero-order valence-corrected chi connectivity index (χ0v) is 11.7. The Morgan fingerprint density at radius 3 is 2.84 bits per heavy atom. The Balaban J connectivity index is 2.16. The van der Waals surface area contributed by atoms with Gasteiger partial charge in [-0.2, -0.15) is 0 Å². The summed E-state index contributed by atoms with van der Waals surface area (Å²) >= 11 is 6.02. The summed E-state index contributed by atoms with van der Waals surface area (Å²) in [6.45, 7) is 2.53. The number of aromatic nitrogens is 1. The molecule has 0 spiro atoms. The van der Waals surface area contributed by atoms with Gasteiger partial charge in [0.1, 0.15) is 5.82 Å². The van der Waals surface area contributed by atoms with Gasteiger partial charge in [0.25, 0.3) is 0 Å². The van der Waals surface area contributed by atoms with E-state index in [1.165, 1.54) is 6.07 Å². The van der Waals surface area contributed by atoms with E-state index in [2.05, 4.69) is 6.92 Å². The zero-order chi connectivity index (χ0) is 13.8. The quantitative estimate of drug-likeness (QED) is 0.877. The van der Waals surface area contributed by atoms with Gasteiger partial charge in [0.2, 0.25) is 0 Å². The summed E-state index contributed by atoms with van der Waals surface area (Å²) in [4.78, 5) is 0. The standard InChI is InChI=1S/C15H18ClFN2/c1-2-4-15(18)11-7-8-19(9-11)10-12-13(16)5-3-6-14(12)17/h3,5-9,15H,2,4,10,18H2,1H3. The molecule has 0 saturated carbocycles. The van der Waals surface area contributed by atoms with Gasteiger partial charge in [0.05, 0.1) is 6.54 Å². The van der Waals surface area contributed by atoms with E-state index in [-0.39, 0.29) is 11.9 Å². The van der Waals surface area contributed by atoms with Crippen molar-refractivity contribution in [3.8, 4) is 0 Å². The van der Waals surface area contributed by atoms with Crippen LogP contribution in [0, 0.1) is 5.82 Å². The van der Waals surface area contributed by atoms with Gasteiger partial charge in [-0.05, 0) is 30.2 Å². The molecule has 4 heteroatoms. The smallest absolute Gasteiger partial charge is 0.129 e. The van der Waals surface area contributed by atoms with Crippen LogP contribution in [-0.4, -0.2) is 4.57 Å². The molecule has 0 fully saturated rings. The average molecular weight is 281 g/mol. The summed E-state index contributed by atoms with van der Waals surface area (Å²) in [6, 6.07) is 6.76. The summed E-state index contributed by atoms with van der Waals surface area (Å²) in [7, 11) is 0. The fraction of sp³-hybridized carbons (Fsp3) is 0.333. The van der Waals surface area contributed by atoms with Crippen molar-refractivity contribution in [3.05, 3.63) is 58.6 Å². The molecule has 1 aromatic heterocycles. The van der Waals surface area contributed by atoms with Crippen molar-refractivity contribution in [3.63, 3.8) is 0 Å². The maximum atomic E-state index is 13.7. The molecule has 0 aliphatic carbocycles. The monoisotopic (exact) mass is 280 g/mol. The molecule has 0 amide bonds. The van der Waals surface area contributed by atoms with Crippen LogP contribution in [0.5, 0.6) is 0 Å².